The summed E-state index contributed by atoms with van der Waals surface area (Å²) in [7, 11) is 0. The summed E-state index contributed by atoms with van der Waals surface area (Å²) < 4.78 is 0. The third-order valence-corrected chi connectivity index (χ3v) is 5.55. The lowest BCUT2D eigenvalue weighted by atomic mass is 9.69. The van der Waals surface area contributed by atoms with Crippen LogP contribution in [0.25, 0.3) is 0 Å². The first-order valence-electron chi connectivity index (χ1n) is 8.57. The monoisotopic (exact) mass is 286 g/mol. The largest absolute Gasteiger partial charge is 0.324 e. The van der Waals surface area contributed by atoms with Crippen LogP contribution in [0.1, 0.15) is 76.1 Å². The van der Waals surface area contributed by atoms with Crippen LogP contribution in [0.3, 0.4) is 0 Å². The summed E-state index contributed by atoms with van der Waals surface area (Å²) >= 11 is 0. The molecule has 116 valence electrons. The first-order valence-corrected chi connectivity index (χ1v) is 8.57. The highest BCUT2D eigenvalue weighted by atomic mass is 15.0. The molecule has 1 saturated carbocycles. The van der Waals surface area contributed by atoms with Crippen molar-refractivity contribution in [3.63, 3.8) is 0 Å². The van der Waals surface area contributed by atoms with Crippen molar-refractivity contribution in [2.45, 2.75) is 71.0 Å². The lowest BCUT2D eigenvalue weighted by Gasteiger charge is -2.42. The number of rotatable bonds is 2. The second-order valence-electron chi connectivity index (χ2n) is 8.05. The quantitative estimate of drug-likeness (QED) is 0.849. The van der Waals surface area contributed by atoms with Gasteiger partial charge in [-0.2, -0.15) is 0 Å². The van der Waals surface area contributed by atoms with Crippen molar-refractivity contribution >= 4 is 0 Å². The van der Waals surface area contributed by atoms with E-state index in [1.807, 2.05) is 0 Å². The molecule has 2 heteroatoms. The molecule has 0 bridgehead atoms. The van der Waals surface area contributed by atoms with Crippen LogP contribution in [0.2, 0.25) is 0 Å². The van der Waals surface area contributed by atoms with E-state index in [-0.39, 0.29) is 6.04 Å². The molecule has 1 aromatic rings. The van der Waals surface area contributed by atoms with Gasteiger partial charge in [-0.05, 0) is 41.7 Å². The number of benzene rings is 1. The molecule has 0 heterocycles. The highest BCUT2D eigenvalue weighted by Gasteiger charge is 2.37. The zero-order valence-corrected chi connectivity index (χ0v) is 13.7. The molecule has 21 heavy (non-hydrogen) atoms. The molecule has 0 aromatic heterocycles. The van der Waals surface area contributed by atoms with Crippen LogP contribution < -0.4 is 11.1 Å². The predicted octanol–water partition coefficient (Wildman–Crippen LogP) is 4.33. The molecule has 0 spiro atoms. The Morgan fingerprint density at radius 2 is 1.71 bits per heavy atom. The normalized spacial score (nSPS) is 33.0. The summed E-state index contributed by atoms with van der Waals surface area (Å²) in [5.74, 6) is 0.773. The third-order valence-electron chi connectivity index (χ3n) is 5.55. The first kappa shape index (κ1) is 15.1. The van der Waals surface area contributed by atoms with Crippen molar-refractivity contribution in [2.24, 2.45) is 17.1 Å². The second kappa shape index (κ2) is 5.73. The molecule has 2 nitrogen and oxygen atoms in total. The van der Waals surface area contributed by atoms with Crippen molar-refractivity contribution in [2.75, 3.05) is 0 Å². The number of nitrogens with one attached hydrogen (secondary N) is 1. The van der Waals surface area contributed by atoms with E-state index in [0.29, 0.717) is 17.5 Å². The van der Waals surface area contributed by atoms with Gasteiger partial charge in [-0.1, -0.05) is 57.9 Å². The SMILES string of the molecule is CC(C)(C)C1CCCCC1NC1CC(N)c2ccccc21. The standard InChI is InChI=1S/C19H30N2/c1-19(2,3)15-10-6-7-11-17(15)21-18-12-16(20)13-8-4-5-9-14(13)18/h4-5,8-9,15-18,21H,6-7,10-12,20H2,1-3H3. The van der Waals surface area contributed by atoms with E-state index < -0.39 is 0 Å². The molecule has 3 N–H and O–H groups in total. The van der Waals surface area contributed by atoms with Gasteiger partial charge in [-0.25, -0.2) is 0 Å². The van der Waals surface area contributed by atoms with Crippen molar-refractivity contribution in [1.29, 1.82) is 0 Å². The van der Waals surface area contributed by atoms with E-state index in [2.05, 4.69) is 50.4 Å². The minimum atomic E-state index is 0.204. The number of hydrogen-bond acceptors (Lipinski definition) is 2. The molecule has 0 saturated heterocycles. The van der Waals surface area contributed by atoms with Gasteiger partial charge in [0.05, 0.1) is 0 Å². The molecule has 4 unspecified atom stereocenters. The summed E-state index contributed by atoms with van der Waals surface area (Å²) in [5, 5.41) is 3.98. The maximum Gasteiger partial charge on any atom is 0.0344 e. The third kappa shape index (κ3) is 3.02. The van der Waals surface area contributed by atoms with Gasteiger partial charge in [0.1, 0.15) is 0 Å². The lowest BCUT2D eigenvalue weighted by molar-refractivity contribution is 0.122. The summed E-state index contributed by atoms with van der Waals surface area (Å²) in [6.45, 7) is 7.18. The molecule has 1 fully saturated rings. The zero-order chi connectivity index (χ0) is 15.0. The fourth-order valence-electron chi connectivity index (χ4n) is 4.46. The highest BCUT2D eigenvalue weighted by Crippen LogP contribution is 2.42. The maximum atomic E-state index is 6.32. The topological polar surface area (TPSA) is 38.0 Å². The van der Waals surface area contributed by atoms with Crippen LogP contribution in [0.5, 0.6) is 0 Å². The van der Waals surface area contributed by atoms with Crippen LogP contribution in [0.15, 0.2) is 24.3 Å². The van der Waals surface area contributed by atoms with Crippen molar-refractivity contribution in [3.8, 4) is 0 Å². The van der Waals surface area contributed by atoms with Crippen LogP contribution in [0, 0.1) is 11.3 Å². The van der Waals surface area contributed by atoms with Gasteiger partial charge >= 0.3 is 0 Å². The Kier molecular flexibility index (Phi) is 4.11. The highest BCUT2D eigenvalue weighted by molar-refractivity contribution is 5.37. The molecule has 2 aliphatic carbocycles. The van der Waals surface area contributed by atoms with Gasteiger partial charge in [0.25, 0.3) is 0 Å². The van der Waals surface area contributed by atoms with Gasteiger partial charge in [0.2, 0.25) is 0 Å². The Bertz CT molecular complexity index is 489. The molecular formula is C19H30N2. The van der Waals surface area contributed by atoms with Gasteiger partial charge < -0.3 is 11.1 Å². The van der Waals surface area contributed by atoms with Crippen LogP contribution >= 0.6 is 0 Å². The van der Waals surface area contributed by atoms with Crippen LogP contribution in [-0.4, -0.2) is 6.04 Å². The molecular weight excluding hydrogens is 256 g/mol. The van der Waals surface area contributed by atoms with E-state index >= 15 is 0 Å². The van der Waals surface area contributed by atoms with Gasteiger partial charge in [0.15, 0.2) is 0 Å². The van der Waals surface area contributed by atoms with E-state index in [0.717, 1.165) is 12.3 Å². The maximum absolute atomic E-state index is 6.32. The number of hydrogen-bond donors (Lipinski definition) is 2. The van der Waals surface area contributed by atoms with E-state index in [1.165, 1.54) is 36.8 Å². The smallest absolute Gasteiger partial charge is 0.0344 e. The summed E-state index contributed by atoms with van der Waals surface area (Å²) in [6, 6.07) is 10.0. The summed E-state index contributed by atoms with van der Waals surface area (Å²) in [6.07, 6.45) is 6.48. The molecule has 1 aromatic carbocycles. The molecule has 0 amide bonds. The van der Waals surface area contributed by atoms with Gasteiger partial charge in [-0.15, -0.1) is 0 Å². The van der Waals surface area contributed by atoms with E-state index in [9.17, 15) is 0 Å². The van der Waals surface area contributed by atoms with Crippen molar-refractivity contribution in [3.05, 3.63) is 35.4 Å². The van der Waals surface area contributed by atoms with Crippen molar-refractivity contribution in [1.82, 2.24) is 5.32 Å². The van der Waals surface area contributed by atoms with E-state index in [4.69, 9.17) is 5.73 Å². The van der Waals surface area contributed by atoms with Crippen molar-refractivity contribution < 1.29 is 0 Å². The Morgan fingerprint density at radius 3 is 2.43 bits per heavy atom. The van der Waals surface area contributed by atoms with Gasteiger partial charge in [-0.3, -0.25) is 0 Å². The first-order chi connectivity index (χ1) is 9.97. The number of nitrogens with two attached hydrogens (primary N) is 1. The van der Waals surface area contributed by atoms with Crippen LogP contribution in [0.4, 0.5) is 0 Å². The Balaban J connectivity index is 1.77. The summed E-state index contributed by atoms with van der Waals surface area (Å²) in [4.78, 5) is 0. The number of fused-ring (bicyclic) bond motifs is 1. The summed E-state index contributed by atoms with van der Waals surface area (Å²) in [5.41, 5.74) is 9.49. The fourth-order valence-corrected chi connectivity index (χ4v) is 4.46. The zero-order valence-electron chi connectivity index (χ0n) is 13.7. The average Bonchev–Trinajstić information content (AvgIpc) is 2.76. The lowest BCUT2D eigenvalue weighted by Crippen LogP contribution is -2.45. The van der Waals surface area contributed by atoms with Crippen LogP contribution in [-0.2, 0) is 0 Å². The Morgan fingerprint density at radius 1 is 1.05 bits per heavy atom. The molecule has 4 atom stereocenters. The minimum Gasteiger partial charge on any atom is -0.324 e. The Hall–Kier alpha value is -0.860. The molecule has 3 rings (SSSR count). The fraction of sp³-hybridized carbons (Fsp3) is 0.684. The second-order valence-corrected chi connectivity index (χ2v) is 8.05. The minimum absolute atomic E-state index is 0.204. The molecule has 2 aliphatic rings. The predicted molar refractivity (Wildman–Crippen MR) is 89.1 cm³/mol. The Labute approximate surface area is 129 Å². The molecule has 0 aliphatic heterocycles. The average molecular weight is 286 g/mol. The van der Waals surface area contributed by atoms with Gasteiger partial charge in [0, 0.05) is 18.1 Å². The van der Waals surface area contributed by atoms with E-state index in [1.54, 1.807) is 0 Å². The molecule has 0 radical (unpaired) electrons.